The third-order valence-corrected chi connectivity index (χ3v) is 5.32. The number of nitrogens with one attached hydrogen (secondary N) is 1. The van der Waals surface area contributed by atoms with Crippen LogP contribution in [-0.4, -0.2) is 37.4 Å². The van der Waals surface area contributed by atoms with Crippen LogP contribution in [0.4, 0.5) is 5.69 Å². The van der Waals surface area contributed by atoms with Crippen molar-refractivity contribution in [3.05, 3.63) is 94.5 Å². The predicted molar refractivity (Wildman–Crippen MR) is 128 cm³/mol. The Morgan fingerprint density at radius 1 is 0.968 bits per heavy atom. The molecule has 0 spiro atoms. The SMILES string of the molecule is COc1ccccc1/C=C(/C(=O)N(C)CC(=O)Nc1ccccc1Br)c1ccccc1. The van der Waals surface area contributed by atoms with E-state index in [0.29, 0.717) is 17.0 Å². The maximum absolute atomic E-state index is 13.3. The van der Waals surface area contributed by atoms with Crippen LogP contribution in [0.1, 0.15) is 11.1 Å². The van der Waals surface area contributed by atoms with Crippen LogP contribution in [0.5, 0.6) is 5.75 Å². The lowest BCUT2D eigenvalue weighted by molar-refractivity contribution is -0.128. The number of nitrogens with zero attached hydrogens (tertiary/aromatic N) is 1. The largest absolute Gasteiger partial charge is 0.496 e. The molecule has 0 saturated carbocycles. The van der Waals surface area contributed by atoms with Gasteiger partial charge >= 0.3 is 0 Å². The number of rotatable bonds is 7. The molecule has 31 heavy (non-hydrogen) atoms. The van der Waals surface area contributed by atoms with Crippen molar-refractivity contribution >= 4 is 45.1 Å². The van der Waals surface area contributed by atoms with Gasteiger partial charge in [-0.2, -0.15) is 0 Å². The highest BCUT2D eigenvalue weighted by molar-refractivity contribution is 9.10. The fraction of sp³-hybridized carbons (Fsp3) is 0.120. The van der Waals surface area contributed by atoms with Crippen LogP contribution in [0.15, 0.2) is 83.3 Å². The Morgan fingerprint density at radius 3 is 2.32 bits per heavy atom. The smallest absolute Gasteiger partial charge is 0.254 e. The normalized spacial score (nSPS) is 11.0. The summed E-state index contributed by atoms with van der Waals surface area (Å²) in [5.41, 5.74) is 2.67. The van der Waals surface area contributed by atoms with E-state index in [1.54, 1.807) is 26.3 Å². The molecule has 0 fully saturated rings. The molecule has 1 N–H and O–H groups in total. The van der Waals surface area contributed by atoms with Crippen molar-refractivity contribution in [2.24, 2.45) is 0 Å². The van der Waals surface area contributed by atoms with Gasteiger partial charge in [-0.25, -0.2) is 0 Å². The minimum absolute atomic E-state index is 0.0870. The molecule has 3 aromatic carbocycles. The van der Waals surface area contributed by atoms with Crippen molar-refractivity contribution in [1.82, 2.24) is 4.90 Å². The predicted octanol–water partition coefficient (Wildman–Crippen LogP) is 5.10. The second kappa shape index (κ2) is 10.6. The van der Waals surface area contributed by atoms with Gasteiger partial charge in [0.05, 0.1) is 19.3 Å². The van der Waals surface area contributed by atoms with Crippen molar-refractivity contribution in [2.75, 3.05) is 26.0 Å². The van der Waals surface area contributed by atoms with Gasteiger partial charge in [-0.15, -0.1) is 0 Å². The molecule has 0 aliphatic carbocycles. The average Bonchev–Trinajstić information content (AvgIpc) is 2.79. The van der Waals surface area contributed by atoms with Gasteiger partial charge < -0.3 is 15.0 Å². The summed E-state index contributed by atoms with van der Waals surface area (Å²) in [4.78, 5) is 27.3. The monoisotopic (exact) mass is 478 g/mol. The lowest BCUT2D eigenvalue weighted by Gasteiger charge is -2.19. The molecule has 3 aromatic rings. The highest BCUT2D eigenvalue weighted by atomic mass is 79.9. The van der Waals surface area contributed by atoms with E-state index in [9.17, 15) is 9.59 Å². The number of carbonyl (C=O) groups is 2. The molecule has 3 rings (SSSR count). The summed E-state index contributed by atoms with van der Waals surface area (Å²) < 4.78 is 6.20. The fourth-order valence-corrected chi connectivity index (χ4v) is 3.46. The molecule has 0 heterocycles. The Labute approximate surface area is 190 Å². The molecule has 0 atom stereocenters. The molecule has 2 amide bonds. The van der Waals surface area contributed by atoms with Crippen LogP contribution in [0.3, 0.4) is 0 Å². The number of carbonyl (C=O) groups excluding carboxylic acids is 2. The summed E-state index contributed by atoms with van der Waals surface area (Å²) >= 11 is 3.41. The molecule has 0 aromatic heterocycles. The summed E-state index contributed by atoms with van der Waals surface area (Å²) in [6.07, 6.45) is 1.79. The number of methoxy groups -OCH3 is 1. The number of likely N-dealkylation sites (N-methyl/N-ethyl adjacent to an activating group) is 1. The van der Waals surface area contributed by atoms with Crippen LogP contribution in [0.2, 0.25) is 0 Å². The maximum Gasteiger partial charge on any atom is 0.254 e. The van der Waals surface area contributed by atoms with Gasteiger partial charge in [-0.05, 0) is 45.8 Å². The van der Waals surface area contributed by atoms with Crippen LogP contribution >= 0.6 is 15.9 Å². The zero-order chi connectivity index (χ0) is 22.2. The first-order valence-electron chi connectivity index (χ1n) is 9.69. The third kappa shape index (κ3) is 5.83. The average molecular weight is 479 g/mol. The number of amides is 2. The van der Waals surface area contributed by atoms with E-state index < -0.39 is 0 Å². The molecule has 0 saturated heterocycles. The van der Waals surface area contributed by atoms with E-state index in [1.807, 2.05) is 72.8 Å². The van der Waals surface area contributed by atoms with E-state index in [4.69, 9.17) is 4.74 Å². The van der Waals surface area contributed by atoms with Crippen molar-refractivity contribution in [3.63, 3.8) is 0 Å². The highest BCUT2D eigenvalue weighted by Gasteiger charge is 2.20. The second-order valence-corrected chi connectivity index (χ2v) is 7.71. The Kier molecular flexibility index (Phi) is 7.62. The quantitative estimate of drug-likeness (QED) is 0.379. The third-order valence-electron chi connectivity index (χ3n) is 4.63. The molecule has 5 nitrogen and oxygen atoms in total. The Morgan fingerprint density at radius 2 is 1.61 bits per heavy atom. The maximum atomic E-state index is 13.3. The summed E-state index contributed by atoms with van der Waals surface area (Å²) in [6, 6.07) is 24.2. The van der Waals surface area contributed by atoms with Crippen LogP contribution in [0, 0.1) is 0 Å². The first-order chi connectivity index (χ1) is 15.0. The lowest BCUT2D eigenvalue weighted by Crippen LogP contribution is -2.35. The zero-order valence-electron chi connectivity index (χ0n) is 17.3. The standard InChI is InChI=1S/C25H23BrN2O3/c1-28(17-24(29)27-22-14-8-7-13-21(22)26)25(30)20(18-10-4-3-5-11-18)16-19-12-6-9-15-23(19)31-2/h3-16H,17H2,1-2H3,(H,27,29)/b20-16+. The minimum Gasteiger partial charge on any atom is -0.496 e. The summed E-state index contributed by atoms with van der Waals surface area (Å²) in [6.45, 7) is -0.0870. The Bertz CT molecular complexity index is 1100. The van der Waals surface area contributed by atoms with Crippen molar-refractivity contribution in [2.45, 2.75) is 0 Å². The minimum atomic E-state index is -0.285. The number of hydrogen-bond acceptors (Lipinski definition) is 3. The first-order valence-corrected chi connectivity index (χ1v) is 10.5. The van der Waals surface area contributed by atoms with Crippen molar-refractivity contribution in [1.29, 1.82) is 0 Å². The van der Waals surface area contributed by atoms with Gasteiger partial charge in [0, 0.05) is 22.7 Å². The summed E-state index contributed by atoms with van der Waals surface area (Å²) in [5.74, 6) is 0.116. The molecule has 0 aliphatic heterocycles. The Balaban J connectivity index is 1.85. The first kappa shape index (κ1) is 22.3. The number of benzene rings is 3. The molecule has 6 heteroatoms. The lowest BCUT2D eigenvalue weighted by atomic mass is 10.0. The van der Waals surface area contributed by atoms with Gasteiger partial charge in [-0.1, -0.05) is 60.7 Å². The molecule has 0 radical (unpaired) electrons. The molecule has 0 aliphatic rings. The molecule has 0 bridgehead atoms. The van der Waals surface area contributed by atoms with E-state index in [0.717, 1.165) is 15.6 Å². The summed E-state index contributed by atoms with van der Waals surface area (Å²) in [5, 5.41) is 2.82. The van der Waals surface area contributed by atoms with E-state index in [2.05, 4.69) is 21.2 Å². The Hall–Kier alpha value is -3.38. The second-order valence-electron chi connectivity index (χ2n) is 6.86. The van der Waals surface area contributed by atoms with Gasteiger partial charge in [0.25, 0.3) is 5.91 Å². The van der Waals surface area contributed by atoms with E-state index in [1.165, 1.54) is 4.90 Å². The van der Waals surface area contributed by atoms with Crippen molar-refractivity contribution in [3.8, 4) is 5.75 Å². The zero-order valence-corrected chi connectivity index (χ0v) is 18.9. The van der Waals surface area contributed by atoms with E-state index in [-0.39, 0.29) is 18.4 Å². The number of halogens is 1. The van der Waals surface area contributed by atoms with E-state index >= 15 is 0 Å². The highest BCUT2D eigenvalue weighted by Crippen LogP contribution is 2.26. The number of ether oxygens (including phenoxy) is 1. The van der Waals surface area contributed by atoms with Gasteiger partial charge in [0.2, 0.25) is 5.91 Å². The fourth-order valence-electron chi connectivity index (χ4n) is 3.07. The number of anilines is 1. The molecular weight excluding hydrogens is 456 g/mol. The van der Waals surface area contributed by atoms with Crippen molar-refractivity contribution < 1.29 is 14.3 Å². The van der Waals surface area contributed by atoms with Crippen LogP contribution in [0.25, 0.3) is 11.6 Å². The number of para-hydroxylation sites is 2. The molecule has 0 unspecified atom stereocenters. The summed E-state index contributed by atoms with van der Waals surface area (Å²) in [7, 11) is 3.20. The van der Waals surface area contributed by atoms with Gasteiger partial charge in [0.15, 0.2) is 0 Å². The molecule has 158 valence electrons. The molecular formula is C25H23BrN2O3. The van der Waals surface area contributed by atoms with Crippen LogP contribution in [-0.2, 0) is 9.59 Å². The topological polar surface area (TPSA) is 58.6 Å². The van der Waals surface area contributed by atoms with Crippen LogP contribution < -0.4 is 10.1 Å². The van der Waals surface area contributed by atoms with Gasteiger partial charge in [0.1, 0.15) is 5.75 Å². The number of hydrogen-bond donors (Lipinski definition) is 1. The van der Waals surface area contributed by atoms with Gasteiger partial charge in [-0.3, -0.25) is 9.59 Å².